The van der Waals surface area contributed by atoms with Crippen LogP contribution in [0.1, 0.15) is 0 Å². The van der Waals surface area contributed by atoms with Gasteiger partial charge in [0.15, 0.2) is 0 Å². The van der Waals surface area contributed by atoms with E-state index in [1.54, 1.807) is 0 Å². The number of anilines is 3. The summed E-state index contributed by atoms with van der Waals surface area (Å²) in [5, 5.41) is 2.53. The molecule has 0 bridgehead atoms. The van der Waals surface area contributed by atoms with Crippen molar-refractivity contribution in [2.75, 3.05) is 4.90 Å². The minimum absolute atomic E-state index is 1.12. The lowest BCUT2D eigenvalue weighted by Gasteiger charge is -2.25. The molecule has 8 aromatic rings. The Labute approximate surface area is 257 Å². The normalized spacial score (nSPS) is 11.2. The van der Waals surface area contributed by atoms with E-state index < -0.39 is 0 Å². The van der Waals surface area contributed by atoms with Gasteiger partial charge in [-0.05, 0) is 82.9 Å². The van der Waals surface area contributed by atoms with Crippen LogP contribution in [0.25, 0.3) is 49.7 Å². The Hall–Kier alpha value is -5.86. The summed E-state index contributed by atoms with van der Waals surface area (Å²) in [7, 11) is 0. The molecule has 0 unspecified atom stereocenters. The zero-order valence-corrected chi connectivity index (χ0v) is 24.2. The highest BCUT2D eigenvalue weighted by molar-refractivity contribution is 6.10. The monoisotopic (exact) mass is 562 g/mol. The van der Waals surface area contributed by atoms with Gasteiger partial charge in [0.1, 0.15) is 0 Å². The van der Waals surface area contributed by atoms with Crippen LogP contribution in [-0.4, -0.2) is 4.57 Å². The Kier molecular flexibility index (Phi) is 6.51. The van der Waals surface area contributed by atoms with E-state index in [-0.39, 0.29) is 0 Å². The van der Waals surface area contributed by atoms with Crippen LogP contribution in [0.3, 0.4) is 0 Å². The Balaban J connectivity index is 1.23. The van der Waals surface area contributed by atoms with E-state index in [0.29, 0.717) is 0 Å². The molecule has 0 saturated heterocycles. The van der Waals surface area contributed by atoms with Gasteiger partial charge in [-0.3, -0.25) is 0 Å². The summed E-state index contributed by atoms with van der Waals surface area (Å²) in [5.41, 5.74) is 11.8. The fourth-order valence-corrected chi connectivity index (χ4v) is 6.37. The van der Waals surface area contributed by atoms with Crippen molar-refractivity contribution in [2.45, 2.75) is 0 Å². The van der Waals surface area contributed by atoms with Crippen LogP contribution in [0.5, 0.6) is 0 Å². The Morgan fingerprint density at radius 2 is 0.818 bits per heavy atom. The molecule has 0 aliphatic carbocycles. The molecule has 2 nitrogen and oxygen atoms in total. The summed E-state index contributed by atoms with van der Waals surface area (Å²) in [4.78, 5) is 2.30. The molecule has 1 aromatic heterocycles. The van der Waals surface area contributed by atoms with E-state index in [9.17, 15) is 0 Å². The SMILES string of the molecule is c1ccc(N(c2ccccc2)c2ccc(-c3ccccc3-c3ccc4c5ccccc5n(-c5ccccc5)c4c3)cc2)cc1. The molecule has 0 radical (unpaired) electrons. The highest BCUT2D eigenvalue weighted by atomic mass is 15.1. The van der Waals surface area contributed by atoms with E-state index in [1.165, 1.54) is 49.7 Å². The molecule has 8 rings (SSSR count). The first-order chi connectivity index (χ1) is 21.8. The maximum atomic E-state index is 2.38. The van der Waals surface area contributed by atoms with Crippen molar-refractivity contribution in [3.63, 3.8) is 0 Å². The Morgan fingerprint density at radius 3 is 1.48 bits per heavy atom. The second-order valence-electron chi connectivity index (χ2n) is 11.0. The molecule has 2 heteroatoms. The van der Waals surface area contributed by atoms with Crippen molar-refractivity contribution < 1.29 is 0 Å². The molecule has 0 spiro atoms. The molecule has 44 heavy (non-hydrogen) atoms. The number of aromatic nitrogens is 1. The summed E-state index contributed by atoms with van der Waals surface area (Å²) < 4.78 is 2.38. The lowest BCUT2D eigenvalue weighted by molar-refractivity contribution is 1.18. The van der Waals surface area contributed by atoms with Crippen molar-refractivity contribution in [3.05, 3.63) is 182 Å². The van der Waals surface area contributed by atoms with Gasteiger partial charge in [-0.2, -0.15) is 0 Å². The summed E-state index contributed by atoms with van der Waals surface area (Å²) in [5.74, 6) is 0. The van der Waals surface area contributed by atoms with Crippen LogP contribution in [0.4, 0.5) is 17.1 Å². The molecule has 7 aromatic carbocycles. The van der Waals surface area contributed by atoms with Gasteiger partial charge >= 0.3 is 0 Å². The molecule has 0 N–H and O–H groups in total. The van der Waals surface area contributed by atoms with Crippen LogP contribution < -0.4 is 4.90 Å². The van der Waals surface area contributed by atoms with Crippen LogP contribution in [-0.2, 0) is 0 Å². The summed E-state index contributed by atoms with van der Waals surface area (Å²) >= 11 is 0. The van der Waals surface area contributed by atoms with Crippen molar-refractivity contribution in [1.82, 2.24) is 4.57 Å². The Bertz CT molecular complexity index is 2160. The number of fused-ring (bicyclic) bond motifs is 3. The zero-order chi connectivity index (χ0) is 29.3. The lowest BCUT2D eigenvalue weighted by Crippen LogP contribution is -2.09. The quantitative estimate of drug-likeness (QED) is 0.196. The van der Waals surface area contributed by atoms with Crippen LogP contribution >= 0.6 is 0 Å². The molecule has 0 amide bonds. The molecule has 0 aliphatic rings. The maximum Gasteiger partial charge on any atom is 0.0547 e. The number of nitrogens with zero attached hydrogens (tertiary/aromatic N) is 2. The average molecular weight is 563 g/mol. The standard InChI is InChI=1S/C42H30N2/c1-4-14-33(15-5-1)43(34-16-6-2-7-17-34)36-27-24-31(25-28-36)37-20-10-11-21-38(37)32-26-29-40-39-22-12-13-23-41(39)44(42(40)30-32)35-18-8-3-9-19-35/h1-30H. The fraction of sp³-hybridized carbons (Fsp3) is 0. The third kappa shape index (κ3) is 4.54. The molecular weight excluding hydrogens is 532 g/mol. The first-order valence-corrected chi connectivity index (χ1v) is 15.0. The van der Waals surface area contributed by atoms with Gasteiger partial charge in [0, 0.05) is 33.5 Å². The van der Waals surface area contributed by atoms with E-state index in [4.69, 9.17) is 0 Å². The van der Waals surface area contributed by atoms with Gasteiger partial charge in [-0.15, -0.1) is 0 Å². The molecule has 0 atom stereocenters. The first-order valence-electron chi connectivity index (χ1n) is 15.0. The second kappa shape index (κ2) is 11.1. The molecule has 0 fully saturated rings. The Morgan fingerprint density at radius 1 is 0.341 bits per heavy atom. The largest absolute Gasteiger partial charge is 0.311 e. The van der Waals surface area contributed by atoms with Crippen molar-refractivity contribution in [2.24, 2.45) is 0 Å². The zero-order valence-electron chi connectivity index (χ0n) is 24.2. The molecule has 0 saturated carbocycles. The summed E-state index contributed by atoms with van der Waals surface area (Å²) in [6, 6.07) is 65.0. The van der Waals surface area contributed by atoms with Gasteiger partial charge in [0.25, 0.3) is 0 Å². The van der Waals surface area contributed by atoms with Gasteiger partial charge in [-0.1, -0.05) is 121 Å². The first kappa shape index (κ1) is 25.8. The van der Waals surface area contributed by atoms with Gasteiger partial charge in [0.05, 0.1) is 11.0 Å². The lowest BCUT2D eigenvalue weighted by atomic mass is 9.94. The predicted molar refractivity (Wildman–Crippen MR) is 186 cm³/mol. The third-order valence-electron chi connectivity index (χ3n) is 8.39. The molecule has 0 aliphatic heterocycles. The third-order valence-corrected chi connectivity index (χ3v) is 8.39. The molecular formula is C42H30N2. The average Bonchev–Trinajstić information content (AvgIpc) is 3.44. The smallest absolute Gasteiger partial charge is 0.0547 e. The van der Waals surface area contributed by atoms with Gasteiger partial charge in [-0.25, -0.2) is 0 Å². The van der Waals surface area contributed by atoms with Crippen molar-refractivity contribution >= 4 is 38.9 Å². The van der Waals surface area contributed by atoms with E-state index in [1.807, 2.05) is 0 Å². The molecule has 1 heterocycles. The minimum Gasteiger partial charge on any atom is -0.311 e. The van der Waals surface area contributed by atoms with E-state index >= 15 is 0 Å². The molecule has 208 valence electrons. The number of rotatable bonds is 6. The van der Waals surface area contributed by atoms with E-state index in [0.717, 1.165) is 17.1 Å². The maximum absolute atomic E-state index is 2.38. The van der Waals surface area contributed by atoms with Crippen LogP contribution in [0.15, 0.2) is 182 Å². The van der Waals surface area contributed by atoms with Gasteiger partial charge < -0.3 is 9.47 Å². The topological polar surface area (TPSA) is 8.17 Å². The second-order valence-corrected chi connectivity index (χ2v) is 11.0. The predicted octanol–water partition coefficient (Wildman–Crippen LogP) is 11.6. The highest BCUT2D eigenvalue weighted by Crippen LogP contribution is 2.39. The highest BCUT2D eigenvalue weighted by Gasteiger charge is 2.16. The number of benzene rings is 7. The van der Waals surface area contributed by atoms with Crippen molar-refractivity contribution in [3.8, 4) is 27.9 Å². The number of hydrogen-bond donors (Lipinski definition) is 0. The summed E-state index contributed by atoms with van der Waals surface area (Å²) in [6.07, 6.45) is 0. The van der Waals surface area contributed by atoms with Crippen molar-refractivity contribution in [1.29, 1.82) is 0 Å². The van der Waals surface area contributed by atoms with Crippen LogP contribution in [0, 0.1) is 0 Å². The van der Waals surface area contributed by atoms with Crippen LogP contribution in [0.2, 0.25) is 0 Å². The summed E-state index contributed by atoms with van der Waals surface area (Å²) in [6.45, 7) is 0. The minimum atomic E-state index is 1.12. The fourth-order valence-electron chi connectivity index (χ4n) is 6.37. The number of hydrogen-bond acceptors (Lipinski definition) is 1. The van der Waals surface area contributed by atoms with Gasteiger partial charge in [0.2, 0.25) is 0 Å². The van der Waals surface area contributed by atoms with E-state index in [2.05, 4.69) is 191 Å². The number of para-hydroxylation sites is 4.